The number of pyridine rings is 1. The number of nitrogens with zero attached hydrogens (tertiary/aromatic N) is 4. The molecule has 1 aliphatic heterocycles. The van der Waals surface area contributed by atoms with Crippen molar-refractivity contribution in [2.45, 2.75) is 13.3 Å². The van der Waals surface area contributed by atoms with Crippen molar-refractivity contribution in [1.82, 2.24) is 24.8 Å². The van der Waals surface area contributed by atoms with E-state index in [1.807, 2.05) is 0 Å². The minimum absolute atomic E-state index is 0.319. The van der Waals surface area contributed by atoms with Crippen LogP contribution in [0.3, 0.4) is 0 Å². The van der Waals surface area contributed by atoms with E-state index in [-0.39, 0.29) is 5.75 Å². The first-order valence-electron chi connectivity index (χ1n) is 10.7. The maximum atomic E-state index is 12.5. The van der Waals surface area contributed by atoms with Gasteiger partial charge in [-0.25, -0.2) is 9.97 Å². The molecule has 4 rings (SSSR count). The highest BCUT2D eigenvalue weighted by Gasteiger charge is 2.31. The minimum atomic E-state index is -4.77. The number of aromatic amines is 1. The van der Waals surface area contributed by atoms with Gasteiger partial charge < -0.3 is 24.1 Å². The molecule has 0 amide bonds. The number of rotatable bonds is 8. The fraction of sp³-hybridized carbons (Fsp3) is 0.455. The number of likely N-dealkylation sites (N-methyl/N-ethyl adjacent to an activating group) is 1. The molecule has 2 aromatic heterocycles. The lowest BCUT2D eigenvalue weighted by atomic mass is 10.3. The number of imidazole rings is 1. The second kappa shape index (κ2) is 9.84. The Kier molecular flexibility index (Phi) is 6.89. The Morgan fingerprint density at radius 2 is 1.82 bits per heavy atom. The molecule has 3 aromatic rings. The van der Waals surface area contributed by atoms with Crippen molar-refractivity contribution in [2.75, 3.05) is 53.0 Å². The van der Waals surface area contributed by atoms with Crippen LogP contribution in [-0.4, -0.2) is 84.1 Å². The molecule has 0 spiro atoms. The van der Waals surface area contributed by atoms with E-state index in [1.165, 1.54) is 25.3 Å². The number of halogens is 3. The topological polar surface area (TPSA) is 75.7 Å². The van der Waals surface area contributed by atoms with E-state index in [2.05, 4.69) is 36.4 Å². The van der Waals surface area contributed by atoms with Gasteiger partial charge in [0.15, 0.2) is 11.6 Å². The van der Waals surface area contributed by atoms with Crippen LogP contribution in [0.1, 0.15) is 6.92 Å². The molecule has 178 valence electrons. The van der Waals surface area contributed by atoms with E-state index in [0.717, 1.165) is 39.3 Å². The fourth-order valence-corrected chi connectivity index (χ4v) is 3.76. The maximum absolute atomic E-state index is 12.5. The van der Waals surface area contributed by atoms with Crippen LogP contribution >= 0.6 is 0 Å². The summed E-state index contributed by atoms with van der Waals surface area (Å²) in [5.41, 5.74) is 1.29. The fourth-order valence-electron chi connectivity index (χ4n) is 3.76. The summed E-state index contributed by atoms with van der Waals surface area (Å²) < 4.78 is 52.7. The van der Waals surface area contributed by atoms with Gasteiger partial charge in [0.05, 0.1) is 24.3 Å². The zero-order valence-corrected chi connectivity index (χ0v) is 18.5. The molecule has 8 nitrogen and oxygen atoms in total. The Balaban J connectivity index is 1.42. The van der Waals surface area contributed by atoms with Gasteiger partial charge in [-0.15, -0.1) is 13.2 Å². The van der Waals surface area contributed by atoms with Gasteiger partial charge in [0.2, 0.25) is 0 Å². The average molecular weight is 465 g/mol. The number of piperazine rings is 1. The van der Waals surface area contributed by atoms with Crippen LogP contribution in [0.15, 0.2) is 30.5 Å². The third kappa shape index (κ3) is 5.85. The molecule has 1 aliphatic rings. The normalized spacial score (nSPS) is 15.7. The van der Waals surface area contributed by atoms with E-state index >= 15 is 0 Å². The summed E-state index contributed by atoms with van der Waals surface area (Å²) in [4.78, 5) is 16.6. The molecule has 3 heterocycles. The number of nitrogens with one attached hydrogen (secondary N) is 1. The number of hydrogen-bond donors (Lipinski definition) is 1. The van der Waals surface area contributed by atoms with Crippen molar-refractivity contribution >= 4 is 11.0 Å². The standard InChI is InChI=1S/C22H26F3N5O3/c1-3-29-6-8-30(9-7-29)10-11-32-16-13-19(31-2)20(26-14-16)21-27-17-5-4-15(12-18(17)28-21)33-22(23,24)25/h4-5,12-14H,3,6-11H2,1-2H3,(H,27,28). The highest BCUT2D eigenvalue weighted by Crippen LogP contribution is 2.32. The smallest absolute Gasteiger partial charge is 0.494 e. The maximum Gasteiger partial charge on any atom is 0.573 e. The molecule has 0 unspecified atom stereocenters. The van der Waals surface area contributed by atoms with Crippen LogP contribution in [0.2, 0.25) is 0 Å². The third-order valence-corrected chi connectivity index (χ3v) is 5.55. The van der Waals surface area contributed by atoms with Crippen molar-refractivity contribution in [3.63, 3.8) is 0 Å². The van der Waals surface area contributed by atoms with Crippen molar-refractivity contribution in [1.29, 1.82) is 0 Å². The molecular formula is C22H26F3N5O3. The number of fused-ring (bicyclic) bond motifs is 1. The number of H-pyrrole nitrogens is 1. The van der Waals surface area contributed by atoms with Crippen molar-refractivity contribution in [3.8, 4) is 28.8 Å². The lowest BCUT2D eigenvalue weighted by Gasteiger charge is -2.33. The van der Waals surface area contributed by atoms with E-state index in [0.29, 0.717) is 40.7 Å². The molecule has 33 heavy (non-hydrogen) atoms. The monoisotopic (exact) mass is 465 g/mol. The molecule has 1 fully saturated rings. The summed E-state index contributed by atoms with van der Waals surface area (Å²) >= 11 is 0. The Hall–Kier alpha value is -3.05. The Morgan fingerprint density at radius 3 is 2.52 bits per heavy atom. The summed E-state index contributed by atoms with van der Waals surface area (Å²) in [6.45, 7) is 8.81. The highest BCUT2D eigenvalue weighted by atomic mass is 19.4. The first-order valence-corrected chi connectivity index (χ1v) is 10.7. The van der Waals surface area contributed by atoms with Crippen LogP contribution in [0.25, 0.3) is 22.6 Å². The van der Waals surface area contributed by atoms with Crippen LogP contribution in [0, 0.1) is 0 Å². The van der Waals surface area contributed by atoms with Crippen molar-refractivity contribution in [2.24, 2.45) is 0 Å². The quantitative estimate of drug-likeness (QED) is 0.545. The molecule has 1 N–H and O–H groups in total. The predicted octanol–water partition coefficient (Wildman–Crippen LogP) is 3.55. The Morgan fingerprint density at radius 1 is 1.06 bits per heavy atom. The first kappa shape index (κ1) is 23.1. The number of hydrogen-bond acceptors (Lipinski definition) is 7. The largest absolute Gasteiger partial charge is 0.573 e. The number of alkyl halides is 3. The van der Waals surface area contributed by atoms with Gasteiger partial charge in [0, 0.05) is 44.9 Å². The van der Waals surface area contributed by atoms with E-state index < -0.39 is 6.36 Å². The zero-order valence-electron chi connectivity index (χ0n) is 18.5. The minimum Gasteiger partial charge on any atom is -0.494 e. The Bertz CT molecular complexity index is 1080. The molecule has 0 saturated carbocycles. The average Bonchev–Trinajstić information content (AvgIpc) is 3.21. The molecule has 0 aliphatic carbocycles. The van der Waals surface area contributed by atoms with Gasteiger partial charge in [-0.05, 0) is 18.7 Å². The summed E-state index contributed by atoms with van der Waals surface area (Å²) in [7, 11) is 1.51. The summed E-state index contributed by atoms with van der Waals surface area (Å²) in [5.74, 6) is 1.04. The van der Waals surface area contributed by atoms with E-state index in [1.54, 1.807) is 12.3 Å². The molecule has 1 saturated heterocycles. The SMILES string of the molecule is CCN1CCN(CCOc2cnc(-c3nc4cc(OC(F)(F)F)ccc4[nH]3)c(OC)c2)CC1. The molecular weight excluding hydrogens is 439 g/mol. The van der Waals surface area contributed by atoms with Crippen molar-refractivity contribution in [3.05, 3.63) is 30.5 Å². The highest BCUT2D eigenvalue weighted by molar-refractivity contribution is 5.81. The summed E-state index contributed by atoms with van der Waals surface area (Å²) in [5, 5.41) is 0. The Labute approximate surface area is 189 Å². The number of ether oxygens (including phenoxy) is 3. The van der Waals surface area contributed by atoms with E-state index in [4.69, 9.17) is 9.47 Å². The summed E-state index contributed by atoms with van der Waals surface area (Å²) in [6, 6.07) is 5.63. The van der Waals surface area contributed by atoms with Gasteiger partial charge in [0.1, 0.15) is 23.8 Å². The van der Waals surface area contributed by atoms with Gasteiger partial charge in [0.25, 0.3) is 0 Å². The predicted molar refractivity (Wildman–Crippen MR) is 117 cm³/mol. The van der Waals surface area contributed by atoms with Crippen LogP contribution < -0.4 is 14.2 Å². The van der Waals surface area contributed by atoms with Crippen LogP contribution in [0.4, 0.5) is 13.2 Å². The third-order valence-electron chi connectivity index (χ3n) is 5.55. The molecule has 1 aromatic carbocycles. The second-order valence-corrected chi connectivity index (χ2v) is 7.66. The van der Waals surface area contributed by atoms with E-state index in [9.17, 15) is 13.2 Å². The zero-order chi connectivity index (χ0) is 23.4. The number of aromatic nitrogens is 3. The molecule has 0 bridgehead atoms. The number of benzene rings is 1. The second-order valence-electron chi connectivity index (χ2n) is 7.66. The lowest BCUT2D eigenvalue weighted by Crippen LogP contribution is -2.47. The van der Waals surface area contributed by atoms with Gasteiger partial charge in [-0.3, -0.25) is 4.90 Å². The van der Waals surface area contributed by atoms with Gasteiger partial charge in [-0.1, -0.05) is 6.92 Å². The van der Waals surface area contributed by atoms with Crippen LogP contribution in [0.5, 0.6) is 17.2 Å². The molecule has 0 radical (unpaired) electrons. The number of methoxy groups -OCH3 is 1. The van der Waals surface area contributed by atoms with Crippen molar-refractivity contribution < 1.29 is 27.4 Å². The first-order chi connectivity index (χ1) is 15.8. The molecule has 0 atom stereocenters. The van der Waals surface area contributed by atoms with Gasteiger partial charge in [-0.2, -0.15) is 0 Å². The van der Waals surface area contributed by atoms with Gasteiger partial charge >= 0.3 is 6.36 Å². The lowest BCUT2D eigenvalue weighted by molar-refractivity contribution is -0.274. The van der Waals surface area contributed by atoms with Crippen LogP contribution in [-0.2, 0) is 0 Å². The molecule has 11 heteroatoms. The summed E-state index contributed by atoms with van der Waals surface area (Å²) in [6.07, 6.45) is -3.18.